The molecule has 4 nitrogen and oxygen atoms in total. The molecule has 18 heavy (non-hydrogen) atoms. The van der Waals surface area contributed by atoms with Crippen molar-refractivity contribution < 1.29 is 9.53 Å². The van der Waals surface area contributed by atoms with Gasteiger partial charge in [-0.05, 0) is 17.9 Å². The highest BCUT2D eigenvalue weighted by Gasteiger charge is 2.24. The fourth-order valence-electron chi connectivity index (χ4n) is 1.81. The summed E-state index contributed by atoms with van der Waals surface area (Å²) in [7, 11) is 1.84. The Morgan fingerprint density at radius 1 is 1.67 bits per heavy atom. The molecule has 0 aliphatic carbocycles. The molecular formula is C12H19ClN2O2S. The summed E-state index contributed by atoms with van der Waals surface area (Å²) < 4.78 is 5.45. The number of hydrogen-bond donors (Lipinski definition) is 1. The van der Waals surface area contributed by atoms with Gasteiger partial charge in [0.25, 0.3) is 5.91 Å². The number of amides is 1. The smallest absolute Gasteiger partial charge is 0.252 e. The average molecular weight is 291 g/mol. The number of nitrogens with zero attached hydrogens (tertiary/aromatic N) is 1. The number of ether oxygens (including phenoxy) is 1. The summed E-state index contributed by atoms with van der Waals surface area (Å²) in [6.45, 7) is 2.83. The first-order chi connectivity index (χ1) is 8.27. The van der Waals surface area contributed by atoms with Crippen LogP contribution in [-0.4, -0.2) is 50.2 Å². The van der Waals surface area contributed by atoms with Crippen molar-refractivity contribution in [2.24, 2.45) is 0 Å². The monoisotopic (exact) mass is 290 g/mol. The van der Waals surface area contributed by atoms with Crippen molar-refractivity contribution in [2.45, 2.75) is 12.5 Å². The lowest BCUT2D eigenvalue weighted by atomic mass is 10.2. The lowest BCUT2D eigenvalue weighted by Crippen LogP contribution is -2.48. The number of rotatable bonds is 4. The molecule has 6 heteroatoms. The van der Waals surface area contributed by atoms with Crippen LogP contribution in [0.2, 0.25) is 0 Å². The molecule has 1 N–H and O–H groups in total. The molecule has 1 amide bonds. The van der Waals surface area contributed by atoms with Gasteiger partial charge in [0, 0.05) is 31.6 Å². The van der Waals surface area contributed by atoms with Crippen LogP contribution < -0.4 is 5.32 Å². The van der Waals surface area contributed by atoms with E-state index in [9.17, 15) is 4.79 Å². The molecule has 102 valence electrons. The molecule has 0 aromatic carbocycles. The molecule has 2 rings (SSSR count). The van der Waals surface area contributed by atoms with Gasteiger partial charge >= 0.3 is 0 Å². The van der Waals surface area contributed by atoms with Crippen molar-refractivity contribution in [1.82, 2.24) is 10.2 Å². The van der Waals surface area contributed by atoms with Crippen molar-refractivity contribution in [2.75, 3.05) is 33.3 Å². The van der Waals surface area contributed by atoms with Crippen LogP contribution in [0.5, 0.6) is 0 Å². The van der Waals surface area contributed by atoms with Gasteiger partial charge < -0.3 is 15.0 Å². The van der Waals surface area contributed by atoms with Gasteiger partial charge in [-0.15, -0.1) is 23.7 Å². The van der Waals surface area contributed by atoms with E-state index in [1.165, 1.54) is 4.88 Å². The van der Waals surface area contributed by atoms with E-state index in [1.807, 2.05) is 13.1 Å². The Bertz CT molecular complexity index is 353. The Kier molecular flexibility index (Phi) is 6.63. The SMILES string of the molecule is CN(CCc1cccs1)C(=O)C1CNCCO1.Cl. The normalized spacial score (nSPS) is 19.1. The molecule has 1 unspecified atom stereocenters. The lowest BCUT2D eigenvalue weighted by Gasteiger charge is -2.27. The largest absolute Gasteiger partial charge is 0.366 e. The average Bonchev–Trinajstić information content (AvgIpc) is 2.89. The van der Waals surface area contributed by atoms with Gasteiger partial charge in [0.1, 0.15) is 6.10 Å². The highest BCUT2D eigenvalue weighted by atomic mass is 35.5. The standard InChI is InChI=1S/C12H18N2O2S.ClH/c1-14(6-4-10-3-2-8-17-10)12(15)11-9-13-5-7-16-11;/h2-3,8,11,13H,4-7,9H2,1H3;1H. The molecule has 2 heterocycles. The zero-order chi connectivity index (χ0) is 12.1. The molecule has 0 spiro atoms. The molecule has 1 fully saturated rings. The summed E-state index contributed by atoms with van der Waals surface area (Å²) in [4.78, 5) is 15.1. The predicted octanol–water partition coefficient (Wildman–Crippen LogP) is 1.16. The van der Waals surface area contributed by atoms with Crippen LogP contribution >= 0.6 is 23.7 Å². The van der Waals surface area contributed by atoms with Gasteiger partial charge in [0.05, 0.1) is 6.61 Å². The molecule has 1 saturated heterocycles. The molecule has 0 saturated carbocycles. The quantitative estimate of drug-likeness (QED) is 0.905. The zero-order valence-corrected chi connectivity index (χ0v) is 12.1. The number of halogens is 1. The summed E-state index contributed by atoms with van der Waals surface area (Å²) in [5.41, 5.74) is 0. The van der Waals surface area contributed by atoms with E-state index in [-0.39, 0.29) is 24.4 Å². The Morgan fingerprint density at radius 2 is 2.50 bits per heavy atom. The molecule has 1 aromatic rings. The van der Waals surface area contributed by atoms with Crippen molar-refractivity contribution in [3.05, 3.63) is 22.4 Å². The third-order valence-electron chi connectivity index (χ3n) is 2.85. The van der Waals surface area contributed by atoms with Crippen molar-refractivity contribution in [3.63, 3.8) is 0 Å². The predicted molar refractivity (Wildman–Crippen MR) is 75.5 cm³/mol. The number of nitrogens with one attached hydrogen (secondary N) is 1. The lowest BCUT2D eigenvalue weighted by molar-refractivity contribution is -0.143. The van der Waals surface area contributed by atoms with E-state index in [0.717, 1.165) is 19.5 Å². The number of hydrogen-bond acceptors (Lipinski definition) is 4. The number of likely N-dealkylation sites (N-methyl/N-ethyl adjacent to an activating group) is 1. The van der Waals surface area contributed by atoms with Gasteiger partial charge in [-0.25, -0.2) is 0 Å². The van der Waals surface area contributed by atoms with E-state index in [2.05, 4.69) is 16.8 Å². The van der Waals surface area contributed by atoms with Gasteiger partial charge in [-0.2, -0.15) is 0 Å². The molecule has 0 bridgehead atoms. The maximum absolute atomic E-state index is 12.0. The van der Waals surface area contributed by atoms with E-state index in [4.69, 9.17) is 4.74 Å². The van der Waals surface area contributed by atoms with Crippen LogP contribution in [0.15, 0.2) is 17.5 Å². The minimum absolute atomic E-state index is 0. The van der Waals surface area contributed by atoms with E-state index in [1.54, 1.807) is 16.2 Å². The number of carbonyl (C=O) groups is 1. The third-order valence-corrected chi connectivity index (χ3v) is 3.79. The van der Waals surface area contributed by atoms with Crippen molar-refractivity contribution >= 4 is 29.7 Å². The Labute approximate surface area is 118 Å². The Hall–Kier alpha value is -0.620. The summed E-state index contributed by atoms with van der Waals surface area (Å²) in [6.07, 6.45) is 0.608. The van der Waals surface area contributed by atoms with Crippen LogP contribution in [0.3, 0.4) is 0 Å². The third kappa shape index (κ3) is 4.24. The maximum Gasteiger partial charge on any atom is 0.252 e. The minimum Gasteiger partial charge on any atom is -0.366 e. The van der Waals surface area contributed by atoms with E-state index < -0.39 is 0 Å². The molecule has 1 aliphatic heterocycles. The van der Waals surface area contributed by atoms with E-state index in [0.29, 0.717) is 13.2 Å². The topological polar surface area (TPSA) is 41.6 Å². The first kappa shape index (κ1) is 15.4. The number of carbonyl (C=O) groups excluding carboxylic acids is 1. The number of thiophene rings is 1. The summed E-state index contributed by atoms with van der Waals surface area (Å²) >= 11 is 1.73. The summed E-state index contributed by atoms with van der Waals surface area (Å²) in [5, 5.41) is 5.23. The van der Waals surface area contributed by atoms with E-state index >= 15 is 0 Å². The van der Waals surface area contributed by atoms with Crippen LogP contribution in [0, 0.1) is 0 Å². The Balaban J connectivity index is 0.00000162. The van der Waals surface area contributed by atoms with Crippen molar-refractivity contribution in [3.8, 4) is 0 Å². The van der Waals surface area contributed by atoms with Crippen LogP contribution in [0.25, 0.3) is 0 Å². The molecule has 1 atom stereocenters. The second-order valence-corrected chi connectivity index (χ2v) is 5.18. The fourth-order valence-corrected chi connectivity index (χ4v) is 2.51. The second kappa shape index (κ2) is 7.74. The highest BCUT2D eigenvalue weighted by Crippen LogP contribution is 2.10. The number of morpholine rings is 1. The molecule has 1 aromatic heterocycles. The van der Waals surface area contributed by atoms with Crippen molar-refractivity contribution in [1.29, 1.82) is 0 Å². The summed E-state index contributed by atoms with van der Waals surface area (Å²) in [5.74, 6) is 0.0776. The molecular weight excluding hydrogens is 272 g/mol. The first-order valence-electron chi connectivity index (χ1n) is 5.87. The van der Waals surface area contributed by atoms with Gasteiger partial charge in [-0.3, -0.25) is 4.79 Å². The maximum atomic E-state index is 12.0. The zero-order valence-electron chi connectivity index (χ0n) is 10.4. The Morgan fingerprint density at radius 3 is 3.11 bits per heavy atom. The van der Waals surface area contributed by atoms with Gasteiger partial charge in [0.15, 0.2) is 0 Å². The fraction of sp³-hybridized carbons (Fsp3) is 0.583. The molecule has 1 aliphatic rings. The van der Waals surface area contributed by atoms with Gasteiger partial charge in [-0.1, -0.05) is 6.07 Å². The minimum atomic E-state index is -0.308. The highest BCUT2D eigenvalue weighted by molar-refractivity contribution is 7.09. The second-order valence-electron chi connectivity index (χ2n) is 4.15. The first-order valence-corrected chi connectivity index (χ1v) is 6.75. The van der Waals surface area contributed by atoms with Crippen LogP contribution in [0.4, 0.5) is 0 Å². The molecule has 0 radical (unpaired) electrons. The van der Waals surface area contributed by atoms with Crippen LogP contribution in [0.1, 0.15) is 4.88 Å². The van der Waals surface area contributed by atoms with Gasteiger partial charge in [0.2, 0.25) is 0 Å². The summed E-state index contributed by atoms with van der Waals surface area (Å²) in [6, 6.07) is 4.14. The van der Waals surface area contributed by atoms with Crippen LogP contribution in [-0.2, 0) is 16.0 Å².